The van der Waals surface area contributed by atoms with Gasteiger partial charge in [-0.2, -0.15) is 4.98 Å². The summed E-state index contributed by atoms with van der Waals surface area (Å²) in [5.74, 6) is 0.870. The topological polar surface area (TPSA) is 100 Å². The first kappa shape index (κ1) is 20.9. The van der Waals surface area contributed by atoms with Crippen LogP contribution in [0, 0.1) is 13.8 Å². The Morgan fingerprint density at radius 1 is 1.16 bits per heavy atom. The highest BCUT2D eigenvalue weighted by molar-refractivity contribution is 7.90. The molecule has 0 saturated carbocycles. The highest BCUT2D eigenvalue weighted by atomic mass is 32.2. The molecule has 158 valence electrons. The first-order valence-corrected chi connectivity index (χ1v) is 10.9. The number of fused-ring (bicyclic) bond motifs is 1. The number of H-pyrrole nitrogens is 1. The molecule has 0 aliphatic carbocycles. The molecule has 2 aromatic carbocycles. The molecule has 0 amide bonds. The number of carbonyl (C=O) groups excluding carboxylic acids is 1. The van der Waals surface area contributed by atoms with Crippen molar-refractivity contribution in [2.75, 3.05) is 7.11 Å². The third-order valence-electron chi connectivity index (χ3n) is 4.89. The molecule has 1 N–H and O–H groups in total. The summed E-state index contributed by atoms with van der Waals surface area (Å²) in [5, 5.41) is 0.335. The second kappa shape index (κ2) is 8.79. The number of aromatic nitrogens is 3. The minimum Gasteiger partial charge on any atom is -0.609 e. The van der Waals surface area contributed by atoms with Crippen LogP contribution in [-0.4, -0.2) is 32.6 Å². The van der Waals surface area contributed by atoms with Gasteiger partial charge in [-0.3, -0.25) is 9.97 Å². The Labute approximate surface area is 182 Å². The van der Waals surface area contributed by atoms with Crippen LogP contribution >= 0.6 is 0 Å². The molecule has 8 heteroatoms. The number of nitrogens with one attached hydrogen (secondary N) is 1. The van der Waals surface area contributed by atoms with Gasteiger partial charge < -0.3 is 14.0 Å². The van der Waals surface area contributed by atoms with Crippen molar-refractivity contribution in [1.82, 2.24) is 15.0 Å². The van der Waals surface area contributed by atoms with Gasteiger partial charge in [0.25, 0.3) is 0 Å². The number of benzene rings is 2. The zero-order valence-corrected chi connectivity index (χ0v) is 18.2. The first-order valence-electron chi connectivity index (χ1n) is 9.60. The number of rotatable bonds is 6. The smallest absolute Gasteiger partial charge is 0.343 e. The molecule has 0 bridgehead atoms. The number of ether oxygens (including phenoxy) is 2. The number of imidazole rings is 1. The number of hydrogen-bond donors (Lipinski definition) is 1. The minimum absolute atomic E-state index is 0.206. The zero-order valence-electron chi connectivity index (χ0n) is 17.3. The van der Waals surface area contributed by atoms with Crippen molar-refractivity contribution < 1.29 is 18.8 Å². The fourth-order valence-electron chi connectivity index (χ4n) is 3.28. The van der Waals surface area contributed by atoms with E-state index < -0.39 is 17.1 Å². The van der Waals surface area contributed by atoms with Crippen LogP contribution in [0.5, 0.6) is 11.5 Å². The van der Waals surface area contributed by atoms with Crippen molar-refractivity contribution in [3.63, 3.8) is 0 Å². The van der Waals surface area contributed by atoms with Crippen molar-refractivity contribution in [3.8, 4) is 11.5 Å². The summed E-state index contributed by atoms with van der Waals surface area (Å²) in [6.45, 7) is 3.82. The van der Waals surface area contributed by atoms with Crippen molar-refractivity contribution in [1.29, 1.82) is 0 Å². The monoisotopic (exact) mass is 435 g/mol. The molecule has 4 aromatic rings. The average molecular weight is 436 g/mol. The van der Waals surface area contributed by atoms with Gasteiger partial charge in [-0.25, -0.2) is 4.79 Å². The lowest BCUT2D eigenvalue weighted by Gasteiger charge is -2.13. The predicted molar refractivity (Wildman–Crippen MR) is 118 cm³/mol. The van der Waals surface area contributed by atoms with Crippen LogP contribution in [0.3, 0.4) is 0 Å². The molecule has 2 heterocycles. The summed E-state index contributed by atoms with van der Waals surface area (Å²) in [6.07, 6.45) is 1.71. The number of esters is 1. The van der Waals surface area contributed by atoms with E-state index in [2.05, 4.69) is 15.0 Å². The van der Waals surface area contributed by atoms with Crippen molar-refractivity contribution in [3.05, 3.63) is 77.1 Å². The van der Waals surface area contributed by atoms with E-state index in [9.17, 15) is 9.35 Å². The molecule has 2 aromatic heterocycles. The van der Waals surface area contributed by atoms with E-state index in [4.69, 9.17) is 9.47 Å². The fraction of sp³-hybridized carbons (Fsp3) is 0.174. The Hall–Kier alpha value is -3.36. The Morgan fingerprint density at radius 2 is 1.94 bits per heavy atom. The van der Waals surface area contributed by atoms with E-state index in [-0.39, 0.29) is 5.75 Å². The quantitative estimate of drug-likeness (QED) is 0.278. The van der Waals surface area contributed by atoms with Crippen molar-refractivity contribution in [2.45, 2.75) is 24.8 Å². The van der Waals surface area contributed by atoms with Gasteiger partial charge >= 0.3 is 11.1 Å². The predicted octanol–water partition coefficient (Wildman–Crippen LogP) is 4.11. The molecule has 0 aliphatic rings. The Kier molecular flexibility index (Phi) is 5.92. The van der Waals surface area contributed by atoms with Gasteiger partial charge in [-0.15, -0.1) is 0 Å². The first-order chi connectivity index (χ1) is 15.0. The van der Waals surface area contributed by atoms with Crippen LogP contribution in [0.4, 0.5) is 0 Å². The largest absolute Gasteiger partial charge is 0.609 e. The SMILES string of the molecule is COc1c(C)cnc(C[S+]([O-])c2nc3cc(OC(=O)c4ccccc4)ccc3[nH]2)c1C. The maximum atomic E-state index is 12.9. The molecule has 0 radical (unpaired) electrons. The Balaban J connectivity index is 1.53. The van der Waals surface area contributed by atoms with Gasteiger partial charge in [0.15, 0.2) is 5.75 Å². The zero-order chi connectivity index (χ0) is 22.0. The molecule has 1 unspecified atom stereocenters. The van der Waals surface area contributed by atoms with Crippen LogP contribution < -0.4 is 9.47 Å². The second-order valence-corrected chi connectivity index (χ2v) is 8.38. The van der Waals surface area contributed by atoms with Gasteiger partial charge in [-0.05, 0) is 38.1 Å². The summed E-state index contributed by atoms with van der Waals surface area (Å²) in [7, 11) is 1.61. The lowest BCUT2D eigenvalue weighted by atomic mass is 10.1. The van der Waals surface area contributed by atoms with Gasteiger partial charge in [0.05, 0.1) is 29.4 Å². The molecule has 0 spiro atoms. The number of pyridine rings is 1. The molecular weight excluding hydrogens is 414 g/mol. The number of aromatic amines is 1. The normalized spacial score (nSPS) is 12.0. The molecule has 0 saturated heterocycles. The maximum Gasteiger partial charge on any atom is 0.343 e. The summed E-state index contributed by atoms with van der Waals surface area (Å²) in [4.78, 5) is 24.2. The summed E-state index contributed by atoms with van der Waals surface area (Å²) in [5.41, 5.74) is 4.21. The third-order valence-corrected chi connectivity index (χ3v) is 6.05. The average Bonchev–Trinajstić information content (AvgIpc) is 3.20. The van der Waals surface area contributed by atoms with E-state index in [1.165, 1.54) is 0 Å². The minimum atomic E-state index is -1.43. The number of carbonyl (C=O) groups is 1. The summed E-state index contributed by atoms with van der Waals surface area (Å²) in [6, 6.07) is 13.8. The number of aryl methyl sites for hydroxylation is 1. The van der Waals surface area contributed by atoms with Gasteiger partial charge in [0.1, 0.15) is 11.5 Å². The Morgan fingerprint density at radius 3 is 2.68 bits per heavy atom. The van der Waals surface area contributed by atoms with Crippen molar-refractivity contribution in [2.24, 2.45) is 0 Å². The van der Waals surface area contributed by atoms with Crippen LogP contribution in [0.2, 0.25) is 0 Å². The fourth-order valence-corrected chi connectivity index (χ4v) is 4.38. The summed E-state index contributed by atoms with van der Waals surface area (Å²) >= 11 is -1.43. The molecule has 0 aliphatic heterocycles. The van der Waals surface area contributed by atoms with E-state index in [1.807, 2.05) is 19.9 Å². The van der Waals surface area contributed by atoms with Crippen LogP contribution in [-0.2, 0) is 16.9 Å². The molecule has 4 rings (SSSR count). The lowest BCUT2D eigenvalue weighted by Crippen LogP contribution is -2.10. The number of nitrogens with zero attached hydrogens (tertiary/aromatic N) is 2. The summed E-state index contributed by atoms with van der Waals surface area (Å²) < 4.78 is 23.8. The second-order valence-electron chi connectivity index (χ2n) is 7.01. The van der Waals surface area contributed by atoms with Gasteiger partial charge in [0, 0.05) is 34.6 Å². The van der Waals surface area contributed by atoms with E-state index in [0.717, 1.165) is 16.9 Å². The standard InChI is InChI=1S/C23H21N3O4S/c1-14-12-24-20(15(2)21(14)29-3)13-31(28)23-25-18-10-9-17(11-19(18)26-23)30-22(27)16-7-5-4-6-8-16/h4-12H,13H2,1-3H3,(H,25,26). The molecule has 31 heavy (non-hydrogen) atoms. The molecular formula is C23H21N3O4S. The highest BCUT2D eigenvalue weighted by Gasteiger charge is 2.21. The highest BCUT2D eigenvalue weighted by Crippen LogP contribution is 2.27. The van der Waals surface area contributed by atoms with Crippen LogP contribution in [0.25, 0.3) is 11.0 Å². The van der Waals surface area contributed by atoms with E-state index in [1.54, 1.807) is 55.8 Å². The number of methoxy groups -OCH3 is 1. The van der Waals surface area contributed by atoms with Crippen molar-refractivity contribution >= 4 is 28.2 Å². The maximum absolute atomic E-state index is 12.9. The molecule has 1 atom stereocenters. The molecule has 0 fully saturated rings. The van der Waals surface area contributed by atoms with E-state index in [0.29, 0.717) is 33.2 Å². The van der Waals surface area contributed by atoms with Gasteiger partial charge in [-0.1, -0.05) is 18.2 Å². The van der Waals surface area contributed by atoms with E-state index >= 15 is 0 Å². The third kappa shape index (κ3) is 4.40. The van der Waals surface area contributed by atoms with Gasteiger partial charge in [0.2, 0.25) is 0 Å². The van der Waals surface area contributed by atoms with Crippen LogP contribution in [0.1, 0.15) is 27.2 Å². The van der Waals surface area contributed by atoms with Crippen LogP contribution in [0.15, 0.2) is 59.9 Å². The number of hydrogen-bond acceptors (Lipinski definition) is 6. The molecule has 7 nitrogen and oxygen atoms in total. The lowest BCUT2D eigenvalue weighted by molar-refractivity contribution is 0.0735. The Bertz CT molecular complexity index is 1240.